The summed E-state index contributed by atoms with van der Waals surface area (Å²) in [7, 11) is 1.96. The molecule has 0 aromatic heterocycles. The molecule has 1 aromatic rings. The van der Waals surface area contributed by atoms with Crippen LogP contribution in [-0.4, -0.2) is 34.7 Å². The zero-order valence-electron chi connectivity index (χ0n) is 11.0. The second kappa shape index (κ2) is 7.01. The molecular weight excluding hydrogens is 230 g/mol. The van der Waals surface area contributed by atoms with Gasteiger partial charge >= 0.3 is 5.97 Å². The number of aliphatic carboxylic acids is 1. The maximum atomic E-state index is 10.5. The molecule has 0 radical (unpaired) electrons. The van der Waals surface area contributed by atoms with Gasteiger partial charge in [0.1, 0.15) is 5.75 Å². The van der Waals surface area contributed by atoms with Crippen LogP contribution in [0.1, 0.15) is 37.8 Å². The SMILES string of the molecule is CCC(c1ccccc1O)N(C)CCCC(=O)O. The fourth-order valence-corrected chi connectivity index (χ4v) is 2.17. The van der Waals surface area contributed by atoms with E-state index in [1.807, 2.05) is 19.2 Å². The first-order valence-corrected chi connectivity index (χ1v) is 6.26. The van der Waals surface area contributed by atoms with E-state index >= 15 is 0 Å². The van der Waals surface area contributed by atoms with Crippen LogP contribution in [0.2, 0.25) is 0 Å². The third kappa shape index (κ3) is 4.04. The molecule has 1 atom stereocenters. The Morgan fingerprint density at radius 3 is 2.61 bits per heavy atom. The summed E-state index contributed by atoms with van der Waals surface area (Å²) in [4.78, 5) is 12.6. The number of carboxylic acids is 1. The predicted octanol–water partition coefficient (Wildman–Crippen LogP) is 2.64. The van der Waals surface area contributed by atoms with Crippen LogP contribution in [0.5, 0.6) is 5.75 Å². The van der Waals surface area contributed by atoms with Crippen molar-refractivity contribution in [3.8, 4) is 5.75 Å². The number of aromatic hydroxyl groups is 1. The summed E-state index contributed by atoms with van der Waals surface area (Å²) in [6, 6.07) is 7.43. The zero-order chi connectivity index (χ0) is 13.5. The quantitative estimate of drug-likeness (QED) is 0.782. The number of nitrogens with zero attached hydrogens (tertiary/aromatic N) is 1. The Bertz CT molecular complexity index is 392. The van der Waals surface area contributed by atoms with Crippen molar-refractivity contribution >= 4 is 5.97 Å². The van der Waals surface area contributed by atoms with E-state index in [0.29, 0.717) is 18.7 Å². The molecule has 0 bridgehead atoms. The average molecular weight is 251 g/mol. The van der Waals surface area contributed by atoms with E-state index in [1.54, 1.807) is 12.1 Å². The van der Waals surface area contributed by atoms with Crippen molar-refractivity contribution in [3.05, 3.63) is 29.8 Å². The Labute approximate surface area is 108 Å². The van der Waals surface area contributed by atoms with Gasteiger partial charge in [0.15, 0.2) is 0 Å². The Balaban J connectivity index is 2.65. The number of hydrogen-bond donors (Lipinski definition) is 2. The second-order valence-electron chi connectivity index (χ2n) is 4.46. The number of para-hydroxylation sites is 1. The number of phenols is 1. The summed E-state index contributed by atoms with van der Waals surface area (Å²) in [6.07, 6.45) is 1.68. The average Bonchev–Trinajstić information content (AvgIpc) is 2.32. The Morgan fingerprint density at radius 1 is 1.39 bits per heavy atom. The van der Waals surface area contributed by atoms with Crippen molar-refractivity contribution in [1.82, 2.24) is 4.90 Å². The van der Waals surface area contributed by atoms with Gasteiger partial charge in [-0.15, -0.1) is 0 Å². The third-order valence-corrected chi connectivity index (χ3v) is 3.12. The standard InChI is InChI=1S/C14H21NO3/c1-3-12(11-7-4-5-8-13(11)16)15(2)10-6-9-14(17)18/h4-5,7-8,12,16H,3,6,9-10H2,1-2H3,(H,17,18). The molecule has 2 N–H and O–H groups in total. The van der Waals surface area contributed by atoms with Crippen LogP contribution in [0.4, 0.5) is 0 Å². The molecule has 18 heavy (non-hydrogen) atoms. The van der Waals surface area contributed by atoms with E-state index in [2.05, 4.69) is 11.8 Å². The Hall–Kier alpha value is -1.55. The Kier molecular flexibility index (Phi) is 5.65. The molecule has 1 unspecified atom stereocenters. The molecule has 4 nitrogen and oxygen atoms in total. The molecule has 0 amide bonds. The van der Waals surface area contributed by atoms with E-state index in [0.717, 1.165) is 12.0 Å². The van der Waals surface area contributed by atoms with Crippen molar-refractivity contribution in [2.45, 2.75) is 32.2 Å². The second-order valence-corrected chi connectivity index (χ2v) is 4.46. The number of rotatable bonds is 7. The molecule has 0 aliphatic rings. The number of carbonyl (C=O) groups is 1. The van der Waals surface area contributed by atoms with Crippen LogP contribution in [0, 0.1) is 0 Å². The molecule has 0 spiro atoms. The largest absolute Gasteiger partial charge is 0.508 e. The first kappa shape index (κ1) is 14.5. The summed E-state index contributed by atoms with van der Waals surface area (Å²) >= 11 is 0. The van der Waals surface area contributed by atoms with Crippen molar-refractivity contribution in [3.63, 3.8) is 0 Å². The highest BCUT2D eigenvalue weighted by molar-refractivity contribution is 5.66. The molecule has 0 fully saturated rings. The highest BCUT2D eigenvalue weighted by Crippen LogP contribution is 2.30. The van der Waals surface area contributed by atoms with Crippen LogP contribution in [0.15, 0.2) is 24.3 Å². The molecule has 1 rings (SSSR count). The number of benzene rings is 1. The summed E-state index contributed by atoms with van der Waals surface area (Å²) < 4.78 is 0. The van der Waals surface area contributed by atoms with Crippen LogP contribution < -0.4 is 0 Å². The lowest BCUT2D eigenvalue weighted by Gasteiger charge is -2.27. The van der Waals surface area contributed by atoms with Crippen molar-refractivity contribution < 1.29 is 15.0 Å². The fourth-order valence-electron chi connectivity index (χ4n) is 2.17. The third-order valence-electron chi connectivity index (χ3n) is 3.12. The summed E-state index contributed by atoms with van der Waals surface area (Å²) in [6.45, 7) is 2.77. The molecule has 1 aromatic carbocycles. The van der Waals surface area contributed by atoms with Gasteiger partial charge in [-0.05, 0) is 32.5 Å². The van der Waals surface area contributed by atoms with E-state index in [9.17, 15) is 9.90 Å². The van der Waals surface area contributed by atoms with Gasteiger partial charge in [-0.2, -0.15) is 0 Å². The summed E-state index contributed by atoms with van der Waals surface area (Å²) in [5, 5.41) is 18.5. The minimum absolute atomic E-state index is 0.125. The molecule has 0 saturated carbocycles. The lowest BCUT2D eigenvalue weighted by molar-refractivity contribution is -0.137. The van der Waals surface area contributed by atoms with Crippen LogP contribution in [-0.2, 0) is 4.79 Å². The van der Waals surface area contributed by atoms with E-state index in [4.69, 9.17) is 5.11 Å². The first-order chi connectivity index (χ1) is 8.56. The van der Waals surface area contributed by atoms with Gasteiger partial charge in [0.25, 0.3) is 0 Å². The van der Waals surface area contributed by atoms with Gasteiger partial charge in [0.2, 0.25) is 0 Å². The molecule has 0 saturated heterocycles. The number of carboxylic acid groups (broad SMARTS) is 1. The maximum Gasteiger partial charge on any atom is 0.303 e. The van der Waals surface area contributed by atoms with Crippen molar-refractivity contribution in [2.24, 2.45) is 0 Å². The van der Waals surface area contributed by atoms with E-state index in [1.165, 1.54) is 0 Å². The predicted molar refractivity (Wildman–Crippen MR) is 70.6 cm³/mol. The Morgan fingerprint density at radius 2 is 2.06 bits per heavy atom. The van der Waals surface area contributed by atoms with Gasteiger partial charge in [-0.25, -0.2) is 0 Å². The number of hydrogen-bond acceptors (Lipinski definition) is 3. The minimum atomic E-state index is -0.765. The highest BCUT2D eigenvalue weighted by atomic mass is 16.4. The van der Waals surface area contributed by atoms with Crippen molar-refractivity contribution in [1.29, 1.82) is 0 Å². The van der Waals surface area contributed by atoms with Crippen LogP contribution in [0.25, 0.3) is 0 Å². The smallest absolute Gasteiger partial charge is 0.303 e. The molecule has 0 aliphatic heterocycles. The van der Waals surface area contributed by atoms with Gasteiger partial charge in [-0.1, -0.05) is 25.1 Å². The molecule has 0 heterocycles. The topological polar surface area (TPSA) is 60.8 Å². The van der Waals surface area contributed by atoms with Gasteiger partial charge in [-0.3, -0.25) is 9.69 Å². The zero-order valence-corrected chi connectivity index (χ0v) is 11.0. The normalized spacial score (nSPS) is 12.6. The van der Waals surface area contributed by atoms with Gasteiger partial charge in [0.05, 0.1) is 0 Å². The minimum Gasteiger partial charge on any atom is -0.508 e. The van der Waals surface area contributed by atoms with Gasteiger partial charge in [0, 0.05) is 18.0 Å². The van der Waals surface area contributed by atoms with E-state index in [-0.39, 0.29) is 12.5 Å². The highest BCUT2D eigenvalue weighted by Gasteiger charge is 2.17. The van der Waals surface area contributed by atoms with Crippen LogP contribution in [0.3, 0.4) is 0 Å². The van der Waals surface area contributed by atoms with Crippen molar-refractivity contribution in [2.75, 3.05) is 13.6 Å². The summed E-state index contributed by atoms with van der Waals surface area (Å²) in [5.74, 6) is -0.464. The monoisotopic (exact) mass is 251 g/mol. The maximum absolute atomic E-state index is 10.5. The molecular formula is C14H21NO3. The number of phenolic OH excluding ortho intramolecular Hbond substituents is 1. The van der Waals surface area contributed by atoms with Crippen LogP contribution >= 0.6 is 0 Å². The summed E-state index contributed by atoms with van der Waals surface area (Å²) in [5.41, 5.74) is 0.901. The lowest BCUT2D eigenvalue weighted by Crippen LogP contribution is -2.25. The molecule has 100 valence electrons. The van der Waals surface area contributed by atoms with E-state index < -0.39 is 5.97 Å². The molecule has 0 aliphatic carbocycles. The molecule has 4 heteroatoms. The lowest BCUT2D eigenvalue weighted by atomic mass is 10.0. The van der Waals surface area contributed by atoms with Gasteiger partial charge < -0.3 is 10.2 Å². The first-order valence-electron chi connectivity index (χ1n) is 6.26. The fraction of sp³-hybridized carbons (Fsp3) is 0.500.